The molecule has 0 saturated carbocycles. The number of aromatic nitrogens is 3. The van der Waals surface area contributed by atoms with Crippen molar-refractivity contribution in [2.24, 2.45) is 5.73 Å². The molecular weight excluding hydrogens is 356 g/mol. The summed E-state index contributed by atoms with van der Waals surface area (Å²) in [7, 11) is 1.54. The zero-order chi connectivity index (χ0) is 20.3. The maximum atomic E-state index is 11.7. The minimum absolute atomic E-state index is 0.101. The summed E-state index contributed by atoms with van der Waals surface area (Å²) in [4.78, 5) is 24.5. The molecule has 8 heteroatoms. The van der Waals surface area contributed by atoms with Gasteiger partial charge in [0.2, 0.25) is 11.8 Å². The van der Waals surface area contributed by atoms with Crippen molar-refractivity contribution in [3.63, 3.8) is 0 Å². The van der Waals surface area contributed by atoms with E-state index >= 15 is 0 Å². The quantitative estimate of drug-likeness (QED) is 0.602. The van der Waals surface area contributed by atoms with Gasteiger partial charge in [0.05, 0.1) is 19.0 Å². The van der Waals surface area contributed by atoms with Gasteiger partial charge in [0, 0.05) is 17.8 Å². The number of hydrogen-bond donors (Lipinski definition) is 3. The van der Waals surface area contributed by atoms with Crippen molar-refractivity contribution in [1.29, 1.82) is 0 Å². The summed E-state index contributed by atoms with van der Waals surface area (Å²) < 4.78 is 5.04. The molecule has 0 aliphatic rings. The van der Waals surface area contributed by atoms with E-state index in [0.29, 0.717) is 17.4 Å². The summed E-state index contributed by atoms with van der Waals surface area (Å²) >= 11 is 0. The molecule has 144 valence electrons. The van der Waals surface area contributed by atoms with Crippen LogP contribution in [0.15, 0.2) is 36.5 Å². The fourth-order valence-electron chi connectivity index (χ4n) is 2.90. The molecule has 0 atom stereocenters. The predicted molar refractivity (Wildman–Crippen MR) is 109 cm³/mol. The Labute approximate surface area is 163 Å². The fraction of sp³-hybridized carbons (Fsp3) is 0.200. The third kappa shape index (κ3) is 4.35. The molecule has 0 fully saturated rings. The SMILES string of the molecule is COc1ccc(Nc2nc(Nc3c(C)cc(C)cc3C)cc(C(N)=O)n2)cn1. The number of aryl methyl sites for hydroxylation is 3. The molecule has 0 aliphatic carbocycles. The molecule has 0 radical (unpaired) electrons. The van der Waals surface area contributed by atoms with Crippen molar-refractivity contribution in [3.05, 3.63) is 58.9 Å². The van der Waals surface area contributed by atoms with Gasteiger partial charge >= 0.3 is 0 Å². The third-order valence-electron chi connectivity index (χ3n) is 4.11. The topological polar surface area (TPSA) is 115 Å². The monoisotopic (exact) mass is 378 g/mol. The van der Waals surface area contributed by atoms with E-state index in [1.54, 1.807) is 25.4 Å². The van der Waals surface area contributed by atoms with E-state index in [-0.39, 0.29) is 11.6 Å². The average Bonchev–Trinajstić information content (AvgIpc) is 2.65. The van der Waals surface area contributed by atoms with E-state index in [4.69, 9.17) is 10.5 Å². The first-order chi connectivity index (χ1) is 13.4. The number of primary amides is 1. The van der Waals surface area contributed by atoms with Crippen molar-refractivity contribution < 1.29 is 9.53 Å². The molecule has 0 bridgehead atoms. The maximum Gasteiger partial charge on any atom is 0.267 e. The second kappa shape index (κ2) is 7.91. The zero-order valence-corrected chi connectivity index (χ0v) is 16.2. The van der Waals surface area contributed by atoms with Crippen LogP contribution < -0.4 is 21.1 Å². The minimum atomic E-state index is -0.640. The van der Waals surface area contributed by atoms with Gasteiger partial charge in [0.25, 0.3) is 5.91 Å². The highest BCUT2D eigenvalue weighted by Crippen LogP contribution is 2.26. The number of amides is 1. The smallest absolute Gasteiger partial charge is 0.267 e. The summed E-state index contributed by atoms with van der Waals surface area (Å²) in [6, 6.07) is 9.16. The van der Waals surface area contributed by atoms with E-state index in [0.717, 1.165) is 16.8 Å². The standard InChI is InChI=1S/C20H22N6O2/c1-11-7-12(2)18(13(3)8-11)25-16-9-15(19(21)27)24-20(26-16)23-14-5-6-17(28-4)22-10-14/h5-10H,1-4H3,(H2,21,27)(H2,23,24,25,26). The van der Waals surface area contributed by atoms with Crippen LogP contribution in [-0.4, -0.2) is 28.0 Å². The lowest BCUT2D eigenvalue weighted by Crippen LogP contribution is -2.15. The molecule has 3 aromatic rings. The van der Waals surface area contributed by atoms with E-state index < -0.39 is 5.91 Å². The molecule has 4 N–H and O–H groups in total. The number of carbonyl (C=O) groups is 1. The van der Waals surface area contributed by atoms with E-state index in [2.05, 4.69) is 37.7 Å². The Morgan fingerprint density at radius 3 is 2.32 bits per heavy atom. The second-order valence-electron chi connectivity index (χ2n) is 6.44. The van der Waals surface area contributed by atoms with Gasteiger partial charge in [-0.2, -0.15) is 4.98 Å². The number of pyridine rings is 1. The number of nitrogens with two attached hydrogens (primary N) is 1. The van der Waals surface area contributed by atoms with E-state index in [1.165, 1.54) is 11.6 Å². The van der Waals surface area contributed by atoms with Gasteiger partial charge < -0.3 is 21.1 Å². The van der Waals surface area contributed by atoms with E-state index in [9.17, 15) is 4.79 Å². The fourth-order valence-corrected chi connectivity index (χ4v) is 2.90. The number of methoxy groups -OCH3 is 1. The van der Waals surface area contributed by atoms with Gasteiger partial charge in [-0.1, -0.05) is 17.7 Å². The Morgan fingerprint density at radius 2 is 1.75 bits per heavy atom. The number of rotatable bonds is 6. The molecule has 0 unspecified atom stereocenters. The normalized spacial score (nSPS) is 10.4. The maximum absolute atomic E-state index is 11.7. The first kappa shape index (κ1) is 19.1. The Hall–Kier alpha value is -3.68. The molecule has 1 aromatic carbocycles. The summed E-state index contributed by atoms with van der Waals surface area (Å²) in [5.41, 5.74) is 10.4. The number of nitrogens with one attached hydrogen (secondary N) is 2. The largest absolute Gasteiger partial charge is 0.481 e. The van der Waals surface area contributed by atoms with Gasteiger partial charge in [-0.05, 0) is 38.0 Å². The van der Waals surface area contributed by atoms with Crippen LogP contribution >= 0.6 is 0 Å². The number of ether oxygens (including phenoxy) is 1. The lowest BCUT2D eigenvalue weighted by atomic mass is 10.1. The molecule has 28 heavy (non-hydrogen) atoms. The molecule has 3 rings (SSSR count). The van der Waals surface area contributed by atoms with Crippen LogP contribution in [0.2, 0.25) is 0 Å². The molecule has 0 saturated heterocycles. The van der Waals surface area contributed by atoms with Gasteiger partial charge in [-0.25, -0.2) is 9.97 Å². The second-order valence-corrected chi connectivity index (χ2v) is 6.44. The lowest BCUT2D eigenvalue weighted by molar-refractivity contribution is 0.0995. The summed E-state index contributed by atoms with van der Waals surface area (Å²) in [5.74, 6) is 0.541. The molecule has 2 heterocycles. The van der Waals surface area contributed by atoms with Crippen molar-refractivity contribution >= 4 is 29.0 Å². The number of anilines is 4. The van der Waals surface area contributed by atoms with Gasteiger partial charge in [0.1, 0.15) is 11.5 Å². The van der Waals surface area contributed by atoms with Crippen LogP contribution in [0.4, 0.5) is 23.1 Å². The number of benzene rings is 1. The summed E-state index contributed by atoms with van der Waals surface area (Å²) in [5, 5.41) is 6.30. The van der Waals surface area contributed by atoms with Crippen LogP contribution in [0.3, 0.4) is 0 Å². The highest BCUT2D eigenvalue weighted by molar-refractivity contribution is 5.92. The Kier molecular flexibility index (Phi) is 5.39. The van der Waals surface area contributed by atoms with Gasteiger partial charge in [-0.3, -0.25) is 4.79 Å². The summed E-state index contributed by atoms with van der Waals surface area (Å²) in [6.45, 7) is 6.08. The summed E-state index contributed by atoms with van der Waals surface area (Å²) in [6.07, 6.45) is 1.58. The number of carbonyl (C=O) groups excluding carboxylic acids is 1. The first-order valence-corrected chi connectivity index (χ1v) is 8.66. The predicted octanol–water partition coefficient (Wildman–Crippen LogP) is 3.39. The van der Waals surface area contributed by atoms with Gasteiger partial charge in [-0.15, -0.1) is 0 Å². The molecule has 1 amide bonds. The molecular formula is C20H22N6O2. The molecule has 8 nitrogen and oxygen atoms in total. The molecule has 2 aromatic heterocycles. The molecule has 0 spiro atoms. The van der Waals surface area contributed by atoms with Crippen LogP contribution in [-0.2, 0) is 0 Å². The number of hydrogen-bond acceptors (Lipinski definition) is 7. The van der Waals surface area contributed by atoms with Crippen LogP contribution in [0.25, 0.3) is 0 Å². The molecule has 0 aliphatic heterocycles. The van der Waals surface area contributed by atoms with Crippen LogP contribution in [0.1, 0.15) is 27.2 Å². The zero-order valence-electron chi connectivity index (χ0n) is 16.2. The Morgan fingerprint density at radius 1 is 1.04 bits per heavy atom. The van der Waals surface area contributed by atoms with Crippen molar-refractivity contribution in [2.75, 3.05) is 17.7 Å². The Balaban J connectivity index is 1.94. The minimum Gasteiger partial charge on any atom is -0.481 e. The third-order valence-corrected chi connectivity index (χ3v) is 4.11. The lowest BCUT2D eigenvalue weighted by Gasteiger charge is -2.15. The first-order valence-electron chi connectivity index (χ1n) is 8.66. The van der Waals surface area contributed by atoms with Crippen LogP contribution in [0, 0.1) is 20.8 Å². The van der Waals surface area contributed by atoms with Crippen molar-refractivity contribution in [3.8, 4) is 5.88 Å². The number of nitrogens with zero attached hydrogens (tertiary/aromatic N) is 3. The van der Waals surface area contributed by atoms with Gasteiger partial charge in [0.15, 0.2) is 0 Å². The van der Waals surface area contributed by atoms with Crippen LogP contribution in [0.5, 0.6) is 5.88 Å². The Bertz CT molecular complexity index is 995. The van der Waals surface area contributed by atoms with Crippen molar-refractivity contribution in [1.82, 2.24) is 15.0 Å². The average molecular weight is 378 g/mol. The highest BCUT2D eigenvalue weighted by atomic mass is 16.5. The van der Waals surface area contributed by atoms with E-state index in [1.807, 2.05) is 20.8 Å². The highest BCUT2D eigenvalue weighted by Gasteiger charge is 2.12. The van der Waals surface area contributed by atoms with Crippen molar-refractivity contribution in [2.45, 2.75) is 20.8 Å².